The molecule has 20 heavy (non-hydrogen) atoms. The van der Waals surface area contributed by atoms with E-state index in [0.29, 0.717) is 0 Å². The number of hydrogen-bond donors (Lipinski definition) is 2. The highest BCUT2D eigenvalue weighted by molar-refractivity contribution is 5.82. The smallest absolute Gasteiger partial charge is 0.237 e. The lowest BCUT2D eigenvalue weighted by molar-refractivity contribution is -0.124. The Labute approximate surface area is 122 Å². The van der Waals surface area contributed by atoms with Gasteiger partial charge in [0.1, 0.15) is 0 Å². The molecule has 1 amide bonds. The average molecular weight is 274 g/mol. The normalized spacial score (nSPS) is 21.2. The van der Waals surface area contributed by atoms with E-state index in [2.05, 4.69) is 43.5 Å². The van der Waals surface area contributed by atoms with Gasteiger partial charge >= 0.3 is 0 Å². The Morgan fingerprint density at radius 2 is 2.00 bits per heavy atom. The molecule has 0 bridgehead atoms. The Hall–Kier alpha value is -1.35. The van der Waals surface area contributed by atoms with Gasteiger partial charge in [-0.15, -0.1) is 0 Å². The highest BCUT2D eigenvalue weighted by atomic mass is 16.2. The molecule has 0 spiro atoms. The van der Waals surface area contributed by atoms with E-state index in [-0.39, 0.29) is 23.4 Å². The molecule has 3 heteroatoms. The summed E-state index contributed by atoms with van der Waals surface area (Å²) in [7, 11) is 0. The summed E-state index contributed by atoms with van der Waals surface area (Å²) in [6.07, 6.45) is 3.26. The van der Waals surface area contributed by atoms with Gasteiger partial charge in [-0.1, -0.05) is 50.6 Å². The second-order valence-corrected chi connectivity index (χ2v) is 6.32. The predicted octanol–water partition coefficient (Wildman–Crippen LogP) is 2.61. The van der Waals surface area contributed by atoms with Crippen LogP contribution in [0.3, 0.4) is 0 Å². The van der Waals surface area contributed by atoms with Gasteiger partial charge in [0.2, 0.25) is 5.91 Å². The van der Waals surface area contributed by atoms with Crippen LogP contribution in [0.5, 0.6) is 0 Å². The molecule has 2 rings (SSSR count). The number of rotatable bonds is 4. The summed E-state index contributed by atoms with van der Waals surface area (Å²) in [6.45, 7) is 7.41. The third-order valence-corrected chi connectivity index (χ3v) is 4.59. The van der Waals surface area contributed by atoms with Crippen LogP contribution in [-0.4, -0.2) is 24.5 Å². The fourth-order valence-electron chi connectivity index (χ4n) is 2.69. The third-order valence-electron chi connectivity index (χ3n) is 4.59. The van der Waals surface area contributed by atoms with Crippen molar-refractivity contribution < 1.29 is 4.79 Å². The summed E-state index contributed by atoms with van der Waals surface area (Å²) in [5, 5.41) is 6.49. The molecule has 1 aliphatic heterocycles. The average Bonchev–Trinajstić information content (AvgIpc) is 2.49. The molecule has 1 heterocycles. The van der Waals surface area contributed by atoms with Crippen molar-refractivity contribution in [3.8, 4) is 0 Å². The maximum Gasteiger partial charge on any atom is 0.237 e. The number of benzene rings is 1. The standard InChI is InChI=1S/C17H26N2O/c1-13(17(2,3)14-9-5-4-6-10-14)19-16(20)15-11-7-8-12-18-15/h4-6,9-10,13,15,18H,7-8,11-12H2,1-3H3,(H,19,20)/t13?,15-/m0/s1. The first-order chi connectivity index (χ1) is 9.51. The lowest BCUT2D eigenvalue weighted by atomic mass is 9.78. The van der Waals surface area contributed by atoms with Gasteiger partial charge in [-0.05, 0) is 31.9 Å². The van der Waals surface area contributed by atoms with Crippen molar-refractivity contribution in [1.29, 1.82) is 0 Å². The molecule has 1 unspecified atom stereocenters. The summed E-state index contributed by atoms with van der Waals surface area (Å²) in [4.78, 5) is 12.3. The third kappa shape index (κ3) is 3.40. The van der Waals surface area contributed by atoms with Crippen LogP contribution in [-0.2, 0) is 10.2 Å². The summed E-state index contributed by atoms with van der Waals surface area (Å²) >= 11 is 0. The molecule has 1 fully saturated rings. The van der Waals surface area contributed by atoms with E-state index in [0.717, 1.165) is 19.4 Å². The molecule has 1 aliphatic rings. The minimum atomic E-state index is -0.0778. The molecule has 110 valence electrons. The quantitative estimate of drug-likeness (QED) is 0.886. The van der Waals surface area contributed by atoms with E-state index < -0.39 is 0 Å². The second-order valence-electron chi connectivity index (χ2n) is 6.32. The first-order valence-corrected chi connectivity index (χ1v) is 7.61. The highest BCUT2D eigenvalue weighted by Crippen LogP contribution is 2.27. The van der Waals surface area contributed by atoms with Crippen molar-refractivity contribution >= 4 is 5.91 Å². The van der Waals surface area contributed by atoms with Crippen LogP contribution in [0.15, 0.2) is 30.3 Å². The summed E-state index contributed by atoms with van der Waals surface area (Å²) in [5.41, 5.74) is 1.18. The number of carbonyl (C=O) groups is 1. The largest absolute Gasteiger partial charge is 0.351 e. The van der Waals surface area contributed by atoms with Crippen molar-refractivity contribution in [2.24, 2.45) is 0 Å². The number of carbonyl (C=O) groups excluding carboxylic acids is 1. The lowest BCUT2D eigenvalue weighted by Gasteiger charge is -2.34. The highest BCUT2D eigenvalue weighted by Gasteiger charge is 2.31. The zero-order valence-corrected chi connectivity index (χ0v) is 12.8. The molecule has 3 nitrogen and oxygen atoms in total. The number of nitrogens with one attached hydrogen (secondary N) is 2. The molecule has 2 N–H and O–H groups in total. The van der Waals surface area contributed by atoms with Crippen LogP contribution in [0.2, 0.25) is 0 Å². The van der Waals surface area contributed by atoms with Gasteiger partial charge in [0, 0.05) is 11.5 Å². The molecule has 0 radical (unpaired) electrons. The Kier molecular flexibility index (Phi) is 4.81. The second kappa shape index (κ2) is 6.40. The van der Waals surface area contributed by atoms with Crippen molar-refractivity contribution in [1.82, 2.24) is 10.6 Å². The number of piperidine rings is 1. The van der Waals surface area contributed by atoms with Crippen molar-refractivity contribution in [2.75, 3.05) is 6.54 Å². The molecule has 1 aromatic carbocycles. The van der Waals surface area contributed by atoms with Crippen LogP contribution in [0, 0.1) is 0 Å². The minimum Gasteiger partial charge on any atom is -0.351 e. The molecule has 1 aromatic rings. The maximum atomic E-state index is 12.3. The van der Waals surface area contributed by atoms with Gasteiger partial charge in [0.05, 0.1) is 6.04 Å². The summed E-state index contributed by atoms with van der Waals surface area (Å²) in [5.74, 6) is 0.140. The van der Waals surface area contributed by atoms with Gasteiger partial charge in [-0.3, -0.25) is 4.79 Å². The fraction of sp³-hybridized carbons (Fsp3) is 0.588. The number of hydrogen-bond acceptors (Lipinski definition) is 2. The van der Waals surface area contributed by atoms with Crippen molar-refractivity contribution in [3.63, 3.8) is 0 Å². The monoisotopic (exact) mass is 274 g/mol. The van der Waals surface area contributed by atoms with Crippen LogP contribution < -0.4 is 10.6 Å². The lowest BCUT2D eigenvalue weighted by Crippen LogP contribution is -2.53. The zero-order valence-electron chi connectivity index (χ0n) is 12.8. The van der Waals surface area contributed by atoms with E-state index in [9.17, 15) is 4.79 Å². The first kappa shape index (κ1) is 15.0. The zero-order chi connectivity index (χ0) is 14.6. The first-order valence-electron chi connectivity index (χ1n) is 7.61. The Morgan fingerprint density at radius 3 is 2.60 bits per heavy atom. The maximum absolute atomic E-state index is 12.3. The van der Waals surface area contributed by atoms with Gasteiger partial charge in [0.25, 0.3) is 0 Å². The van der Waals surface area contributed by atoms with E-state index in [1.807, 2.05) is 18.2 Å². The summed E-state index contributed by atoms with van der Waals surface area (Å²) in [6, 6.07) is 10.5. The molecule has 0 saturated carbocycles. The Bertz CT molecular complexity index is 436. The predicted molar refractivity (Wildman–Crippen MR) is 82.7 cm³/mol. The molecule has 0 aromatic heterocycles. The van der Waals surface area contributed by atoms with Gasteiger partial charge in [-0.25, -0.2) is 0 Å². The van der Waals surface area contributed by atoms with Crippen LogP contribution in [0.4, 0.5) is 0 Å². The van der Waals surface area contributed by atoms with Gasteiger partial charge in [0.15, 0.2) is 0 Å². The molecule has 2 atom stereocenters. The molecular formula is C17H26N2O. The molecular weight excluding hydrogens is 248 g/mol. The SMILES string of the molecule is CC(NC(=O)[C@@H]1CCCCN1)C(C)(C)c1ccccc1. The van der Waals surface area contributed by atoms with E-state index in [1.165, 1.54) is 12.0 Å². The Morgan fingerprint density at radius 1 is 1.30 bits per heavy atom. The van der Waals surface area contributed by atoms with E-state index in [4.69, 9.17) is 0 Å². The van der Waals surface area contributed by atoms with Crippen molar-refractivity contribution in [2.45, 2.75) is 57.5 Å². The number of amides is 1. The van der Waals surface area contributed by atoms with Crippen LogP contribution >= 0.6 is 0 Å². The van der Waals surface area contributed by atoms with Crippen LogP contribution in [0.25, 0.3) is 0 Å². The fourth-order valence-corrected chi connectivity index (χ4v) is 2.69. The van der Waals surface area contributed by atoms with Gasteiger partial charge in [-0.2, -0.15) is 0 Å². The van der Waals surface area contributed by atoms with E-state index in [1.54, 1.807) is 0 Å². The molecule has 0 aliphatic carbocycles. The Balaban J connectivity index is 1.99. The summed E-state index contributed by atoms with van der Waals surface area (Å²) < 4.78 is 0. The topological polar surface area (TPSA) is 41.1 Å². The van der Waals surface area contributed by atoms with Crippen molar-refractivity contribution in [3.05, 3.63) is 35.9 Å². The molecule has 1 saturated heterocycles. The minimum absolute atomic E-state index is 0.0160. The van der Waals surface area contributed by atoms with Gasteiger partial charge < -0.3 is 10.6 Å². The van der Waals surface area contributed by atoms with E-state index >= 15 is 0 Å². The van der Waals surface area contributed by atoms with Crippen LogP contribution in [0.1, 0.15) is 45.6 Å².